The third kappa shape index (κ3) is 2.84. The Morgan fingerprint density at radius 3 is 2.94 bits per heavy atom. The number of aliphatic hydroxyl groups excluding tert-OH is 1. The molecule has 1 aromatic heterocycles. The van der Waals surface area contributed by atoms with Crippen molar-refractivity contribution in [3.8, 4) is 11.8 Å². The minimum absolute atomic E-state index is 0.0203. The fourth-order valence-electron chi connectivity index (χ4n) is 1.55. The van der Waals surface area contributed by atoms with Crippen molar-refractivity contribution in [2.75, 3.05) is 0 Å². The summed E-state index contributed by atoms with van der Waals surface area (Å²) in [6.45, 7) is 0.263. The maximum atomic E-state index is 9.02. The average molecular weight is 240 g/mol. The molecule has 0 amide bonds. The average Bonchev–Trinajstić information content (AvgIpc) is 2.45. The highest BCUT2D eigenvalue weighted by Gasteiger charge is 2.03. The van der Waals surface area contributed by atoms with Gasteiger partial charge in [0, 0.05) is 11.8 Å². The number of nitriles is 1. The molecule has 0 radical (unpaired) electrons. The summed E-state index contributed by atoms with van der Waals surface area (Å²) < 4.78 is 5.57. The first-order valence-electron chi connectivity index (χ1n) is 5.50. The normalized spacial score (nSPS) is 9.78. The molecule has 0 bridgehead atoms. The molecule has 0 aliphatic heterocycles. The lowest BCUT2D eigenvalue weighted by atomic mass is 10.2. The third-order valence-electron chi connectivity index (χ3n) is 2.47. The summed E-state index contributed by atoms with van der Waals surface area (Å²) in [7, 11) is 0. The summed E-state index contributed by atoms with van der Waals surface area (Å²) in [5.41, 5.74) is 1.91. The highest BCUT2D eigenvalue weighted by atomic mass is 16.5. The molecule has 4 nitrogen and oxygen atoms in total. The Bertz CT molecular complexity index is 576. The van der Waals surface area contributed by atoms with Gasteiger partial charge in [-0.3, -0.25) is 0 Å². The molecule has 0 aliphatic carbocycles. The Balaban J connectivity index is 2.09. The van der Waals surface area contributed by atoms with Crippen molar-refractivity contribution >= 4 is 0 Å². The molecule has 2 aromatic rings. The fourth-order valence-corrected chi connectivity index (χ4v) is 1.55. The van der Waals surface area contributed by atoms with Gasteiger partial charge in [0.05, 0.1) is 6.61 Å². The van der Waals surface area contributed by atoms with Crippen LogP contribution in [0.1, 0.15) is 16.8 Å². The zero-order valence-electron chi connectivity index (χ0n) is 9.71. The van der Waals surface area contributed by atoms with E-state index in [1.807, 2.05) is 24.3 Å². The van der Waals surface area contributed by atoms with E-state index in [1.54, 1.807) is 24.4 Å². The molecule has 1 heterocycles. The molecule has 0 atom stereocenters. The predicted octanol–water partition coefficient (Wildman–Crippen LogP) is 2.02. The van der Waals surface area contributed by atoms with Crippen LogP contribution in [0.25, 0.3) is 0 Å². The van der Waals surface area contributed by atoms with Crippen LogP contribution < -0.4 is 4.74 Å². The van der Waals surface area contributed by atoms with Crippen molar-refractivity contribution in [1.29, 1.82) is 5.26 Å². The second-order valence-corrected chi connectivity index (χ2v) is 3.72. The Hall–Kier alpha value is -2.38. The number of hydrogen-bond acceptors (Lipinski definition) is 4. The molecule has 0 saturated carbocycles. The van der Waals surface area contributed by atoms with Crippen molar-refractivity contribution in [2.24, 2.45) is 0 Å². The molecule has 2 rings (SSSR count). The van der Waals surface area contributed by atoms with Gasteiger partial charge in [-0.25, -0.2) is 4.98 Å². The van der Waals surface area contributed by atoms with E-state index in [1.165, 1.54) is 0 Å². The largest absolute Gasteiger partial charge is 0.489 e. The summed E-state index contributed by atoms with van der Waals surface area (Å²) in [6, 6.07) is 12.8. The monoisotopic (exact) mass is 240 g/mol. The van der Waals surface area contributed by atoms with Gasteiger partial charge >= 0.3 is 0 Å². The van der Waals surface area contributed by atoms with Crippen molar-refractivity contribution in [3.05, 3.63) is 59.4 Å². The van der Waals surface area contributed by atoms with Gasteiger partial charge in [0.2, 0.25) is 0 Å². The molecule has 0 unspecified atom stereocenters. The lowest BCUT2D eigenvalue weighted by Gasteiger charge is -2.07. The first-order chi connectivity index (χ1) is 8.83. The summed E-state index contributed by atoms with van der Waals surface area (Å²) in [6.07, 6.45) is 1.58. The van der Waals surface area contributed by atoms with Crippen molar-refractivity contribution in [1.82, 2.24) is 4.98 Å². The third-order valence-corrected chi connectivity index (χ3v) is 2.47. The van der Waals surface area contributed by atoms with Gasteiger partial charge in [-0.15, -0.1) is 0 Å². The van der Waals surface area contributed by atoms with Crippen LogP contribution in [0.5, 0.6) is 5.75 Å². The molecule has 18 heavy (non-hydrogen) atoms. The predicted molar refractivity (Wildman–Crippen MR) is 65.6 cm³/mol. The number of benzene rings is 1. The molecule has 0 aliphatic rings. The zero-order valence-corrected chi connectivity index (χ0v) is 9.71. The second kappa shape index (κ2) is 5.80. The van der Waals surface area contributed by atoms with E-state index in [4.69, 9.17) is 15.1 Å². The zero-order chi connectivity index (χ0) is 12.8. The summed E-state index contributed by atoms with van der Waals surface area (Å²) in [4.78, 5) is 3.96. The van der Waals surface area contributed by atoms with Gasteiger partial charge < -0.3 is 9.84 Å². The molecular formula is C14H12N2O2. The molecule has 1 N–H and O–H groups in total. The Morgan fingerprint density at radius 1 is 1.28 bits per heavy atom. The Kier molecular flexibility index (Phi) is 3.90. The minimum atomic E-state index is -0.0203. The van der Waals surface area contributed by atoms with E-state index in [-0.39, 0.29) is 13.2 Å². The molecule has 0 spiro atoms. The SMILES string of the molecule is N#Cc1ncccc1COc1cccc(CO)c1. The molecular weight excluding hydrogens is 228 g/mol. The number of rotatable bonds is 4. The number of nitrogens with zero attached hydrogens (tertiary/aromatic N) is 2. The van der Waals surface area contributed by atoms with Crippen LogP contribution in [0.2, 0.25) is 0 Å². The van der Waals surface area contributed by atoms with E-state index in [0.717, 1.165) is 11.1 Å². The highest BCUT2D eigenvalue weighted by Crippen LogP contribution is 2.15. The van der Waals surface area contributed by atoms with Gasteiger partial charge in [0.15, 0.2) is 0 Å². The molecule has 4 heteroatoms. The van der Waals surface area contributed by atoms with Gasteiger partial charge in [-0.1, -0.05) is 18.2 Å². The summed E-state index contributed by atoms with van der Waals surface area (Å²) in [5, 5.41) is 17.9. The lowest BCUT2D eigenvalue weighted by molar-refractivity contribution is 0.278. The Morgan fingerprint density at radius 2 is 2.17 bits per heavy atom. The van der Waals surface area contributed by atoms with Gasteiger partial charge in [-0.2, -0.15) is 5.26 Å². The smallest absolute Gasteiger partial charge is 0.147 e. The van der Waals surface area contributed by atoms with Crippen LogP contribution in [-0.2, 0) is 13.2 Å². The maximum absolute atomic E-state index is 9.02. The number of hydrogen-bond donors (Lipinski definition) is 1. The standard InChI is InChI=1S/C14H12N2O2/c15-8-14-12(4-2-6-16-14)10-18-13-5-1-3-11(7-13)9-17/h1-7,17H,9-10H2. The topological polar surface area (TPSA) is 66.1 Å². The first-order valence-corrected chi connectivity index (χ1v) is 5.50. The van der Waals surface area contributed by atoms with Gasteiger partial charge in [0.25, 0.3) is 0 Å². The number of aromatic nitrogens is 1. The fraction of sp³-hybridized carbons (Fsp3) is 0.143. The van der Waals surface area contributed by atoms with E-state index in [2.05, 4.69) is 4.98 Å². The van der Waals surface area contributed by atoms with E-state index in [0.29, 0.717) is 11.4 Å². The van der Waals surface area contributed by atoms with Crippen LogP contribution in [0, 0.1) is 11.3 Å². The van der Waals surface area contributed by atoms with Crippen LogP contribution >= 0.6 is 0 Å². The quantitative estimate of drug-likeness (QED) is 0.887. The van der Waals surface area contributed by atoms with E-state index < -0.39 is 0 Å². The second-order valence-electron chi connectivity index (χ2n) is 3.72. The van der Waals surface area contributed by atoms with Gasteiger partial charge in [0.1, 0.15) is 24.1 Å². The van der Waals surface area contributed by atoms with Crippen LogP contribution in [-0.4, -0.2) is 10.1 Å². The summed E-state index contributed by atoms with van der Waals surface area (Å²) in [5.74, 6) is 0.661. The van der Waals surface area contributed by atoms with Crippen molar-refractivity contribution in [3.63, 3.8) is 0 Å². The molecule has 1 aromatic carbocycles. The molecule has 90 valence electrons. The minimum Gasteiger partial charge on any atom is -0.489 e. The summed E-state index contributed by atoms with van der Waals surface area (Å²) >= 11 is 0. The molecule has 0 fully saturated rings. The molecule has 0 saturated heterocycles. The number of pyridine rings is 1. The number of aliphatic hydroxyl groups is 1. The van der Waals surface area contributed by atoms with Crippen molar-refractivity contribution in [2.45, 2.75) is 13.2 Å². The Labute approximate surface area is 105 Å². The highest BCUT2D eigenvalue weighted by molar-refractivity contribution is 5.32. The lowest BCUT2D eigenvalue weighted by Crippen LogP contribution is -2.00. The first kappa shape index (κ1) is 12.1. The van der Waals surface area contributed by atoms with Crippen molar-refractivity contribution < 1.29 is 9.84 Å². The van der Waals surface area contributed by atoms with Crippen LogP contribution in [0.4, 0.5) is 0 Å². The van der Waals surface area contributed by atoms with Crippen LogP contribution in [0.15, 0.2) is 42.6 Å². The van der Waals surface area contributed by atoms with E-state index in [9.17, 15) is 0 Å². The number of ether oxygens (including phenoxy) is 1. The van der Waals surface area contributed by atoms with Gasteiger partial charge in [-0.05, 0) is 23.8 Å². The van der Waals surface area contributed by atoms with Crippen LogP contribution in [0.3, 0.4) is 0 Å². The maximum Gasteiger partial charge on any atom is 0.147 e. The van der Waals surface area contributed by atoms with E-state index >= 15 is 0 Å².